The van der Waals surface area contributed by atoms with Gasteiger partial charge in [-0.3, -0.25) is 9.59 Å². The van der Waals surface area contributed by atoms with Crippen LogP contribution in [0.15, 0.2) is 36.4 Å². The second kappa shape index (κ2) is 9.16. The fourth-order valence-electron chi connectivity index (χ4n) is 2.85. The first-order chi connectivity index (χ1) is 13.3. The molecule has 0 saturated carbocycles. The summed E-state index contributed by atoms with van der Waals surface area (Å²) < 4.78 is 38.3. The van der Waals surface area contributed by atoms with Crippen molar-refractivity contribution in [2.75, 3.05) is 14.2 Å². The van der Waals surface area contributed by atoms with Crippen LogP contribution < -0.4 is 14.8 Å². The van der Waals surface area contributed by atoms with Crippen molar-refractivity contribution in [2.24, 2.45) is 0 Å². The van der Waals surface area contributed by atoms with Gasteiger partial charge < -0.3 is 19.9 Å². The number of carbonyl (C=O) groups is 2. The molecule has 2 rings (SSSR count). The van der Waals surface area contributed by atoms with Gasteiger partial charge in [-0.15, -0.1) is 0 Å². The molecule has 8 heteroatoms. The molecular weight excluding hydrogens is 372 g/mol. The van der Waals surface area contributed by atoms with E-state index in [4.69, 9.17) is 9.47 Å². The minimum atomic E-state index is -1.15. The molecule has 0 fully saturated rings. The number of carbonyl (C=O) groups excluding carboxylic acids is 1. The maximum absolute atomic E-state index is 14.0. The van der Waals surface area contributed by atoms with Gasteiger partial charge in [-0.25, -0.2) is 8.78 Å². The summed E-state index contributed by atoms with van der Waals surface area (Å²) in [6.07, 6.45) is -0.423. The van der Waals surface area contributed by atoms with Crippen molar-refractivity contribution in [1.82, 2.24) is 5.32 Å². The lowest BCUT2D eigenvalue weighted by Crippen LogP contribution is -2.34. The first-order valence-electron chi connectivity index (χ1n) is 8.46. The average Bonchev–Trinajstić information content (AvgIpc) is 2.66. The van der Waals surface area contributed by atoms with Crippen LogP contribution in [0.1, 0.15) is 36.4 Å². The second-order valence-corrected chi connectivity index (χ2v) is 6.13. The van der Waals surface area contributed by atoms with Crippen LogP contribution in [0.4, 0.5) is 8.78 Å². The monoisotopic (exact) mass is 393 g/mol. The molecule has 2 N–H and O–H groups in total. The first kappa shape index (κ1) is 21.1. The van der Waals surface area contributed by atoms with E-state index in [0.29, 0.717) is 17.1 Å². The van der Waals surface area contributed by atoms with Crippen molar-refractivity contribution in [3.05, 3.63) is 59.2 Å². The van der Waals surface area contributed by atoms with Crippen molar-refractivity contribution in [3.63, 3.8) is 0 Å². The van der Waals surface area contributed by atoms with E-state index in [9.17, 15) is 23.5 Å². The highest BCUT2D eigenvalue weighted by atomic mass is 19.1. The van der Waals surface area contributed by atoms with Crippen LogP contribution in [0.25, 0.3) is 0 Å². The molecule has 0 aromatic heterocycles. The van der Waals surface area contributed by atoms with Gasteiger partial charge in [0.25, 0.3) is 0 Å². The number of nitrogens with one attached hydrogen (secondary N) is 1. The number of ether oxygens (including phenoxy) is 2. The molecule has 2 unspecified atom stereocenters. The van der Waals surface area contributed by atoms with E-state index < -0.39 is 41.9 Å². The molecule has 0 aliphatic heterocycles. The fraction of sp³-hybridized carbons (Fsp3) is 0.300. The molecule has 6 nitrogen and oxygen atoms in total. The zero-order chi connectivity index (χ0) is 20.8. The van der Waals surface area contributed by atoms with Gasteiger partial charge in [-0.1, -0.05) is 12.1 Å². The highest BCUT2D eigenvalue weighted by Gasteiger charge is 2.26. The number of benzene rings is 2. The van der Waals surface area contributed by atoms with Gasteiger partial charge in [0.15, 0.2) is 11.5 Å². The van der Waals surface area contributed by atoms with Crippen LogP contribution in [-0.2, 0) is 9.59 Å². The Hall–Kier alpha value is -3.16. The molecule has 2 aromatic rings. The third-order valence-electron chi connectivity index (χ3n) is 4.33. The molecule has 150 valence electrons. The minimum absolute atomic E-state index is 0.359. The number of carboxylic acids is 1. The number of halogens is 2. The highest BCUT2D eigenvalue weighted by molar-refractivity contribution is 5.84. The van der Waals surface area contributed by atoms with E-state index in [0.717, 1.165) is 12.1 Å². The van der Waals surface area contributed by atoms with Crippen molar-refractivity contribution >= 4 is 11.9 Å². The number of hydrogen-bond donors (Lipinski definition) is 2. The third kappa shape index (κ3) is 4.76. The zero-order valence-electron chi connectivity index (χ0n) is 15.7. The Morgan fingerprint density at radius 3 is 2.21 bits per heavy atom. The lowest BCUT2D eigenvalue weighted by Gasteiger charge is -2.22. The molecular formula is C20H21F2NO5. The van der Waals surface area contributed by atoms with Crippen LogP contribution in [0.3, 0.4) is 0 Å². The molecule has 0 aliphatic rings. The second-order valence-electron chi connectivity index (χ2n) is 6.13. The van der Waals surface area contributed by atoms with Crippen LogP contribution in [0.5, 0.6) is 11.5 Å². The standard InChI is InChI=1S/C20H21F2NO5/c1-11(19-13(21)5-4-6-14(19)22)20(26)23-15(10-18(24)25)12-7-8-16(27-2)17(9-12)28-3/h4-9,11,15H,10H2,1-3H3,(H,23,26)(H,24,25). The Balaban J connectivity index is 2.31. The van der Waals surface area contributed by atoms with Crippen LogP contribution in [0.2, 0.25) is 0 Å². The molecule has 2 aromatic carbocycles. The van der Waals surface area contributed by atoms with E-state index in [1.54, 1.807) is 18.2 Å². The summed E-state index contributed by atoms with van der Waals surface area (Å²) in [5.41, 5.74) is 0.0796. The van der Waals surface area contributed by atoms with Gasteiger partial charge in [-0.05, 0) is 36.8 Å². The van der Waals surface area contributed by atoms with E-state index in [1.165, 1.54) is 27.2 Å². The highest BCUT2D eigenvalue weighted by Crippen LogP contribution is 2.31. The topological polar surface area (TPSA) is 84.9 Å². The minimum Gasteiger partial charge on any atom is -0.493 e. The van der Waals surface area contributed by atoms with Gasteiger partial charge >= 0.3 is 5.97 Å². The van der Waals surface area contributed by atoms with E-state index in [-0.39, 0.29) is 5.56 Å². The predicted octanol–water partition coefficient (Wildman–Crippen LogP) is 3.42. The number of hydrogen-bond acceptors (Lipinski definition) is 4. The quantitative estimate of drug-likeness (QED) is 0.718. The number of aliphatic carboxylic acids is 1. The first-order valence-corrected chi connectivity index (χ1v) is 8.46. The summed E-state index contributed by atoms with van der Waals surface area (Å²) >= 11 is 0. The summed E-state index contributed by atoms with van der Waals surface area (Å²) in [5.74, 6) is -3.90. The fourth-order valence-corrected chi connectivity index (χ4v) is 2.85. The summed E-state index contributed by atoms with van der Waals surface area (Å²) in [6.45, 7) is 1.35. The summed E-state index contributed by atoms with van der Waals surface area (Å²) in [7, 11) is 2.88. The van der Waals surface area contributed by atoms with Gasteiger partial charge in [0.1, 0.15) is 11.6 Å². The van der Waals surface area contributed by atoms with Gasteiger partial charge in [0.2, 0.25) is 5.91 Å². The molecule has 2 atom stereocenters. The third-order valence-corrected chi connectivity index (χ3v) is 4.33. The van der Waals surface area contributed by atoms with Gasteiger partial charge in [0, 0.05) is 5.56 Å². The van der Waals surface area contributed by atoms with E-state index in [1.807, 2.05) is 0 Å². The van der Waals surface area contributed by atoms with Gasteiger partial charge in [-0.2, -0.15) is 0 Å². The molecule has 0 spiro atoms. The molecule has 0 bridgehead atoms. The largest absolute Gasteiger partial charge is 0.493 e. The number of carboxylic acid groups (broad SMARTS) is 1. The van der Waals surface area contributed by atoms with E-state index in [2.05, 4.69) is 5.32 Å². The smallest absolute Gasteiger partial charge is 0.305 e. The van der Waals surface area contributed by atoms with Crippen molar-refractivity contribution in [1.29, 1.82) is 0 Å². The number of methoxy groups -OCH3 is 2. The Morgan fingerprint density at radius 1 is 1.07 bits per heavy atom. The number of rotatable bonds is 8. The normalized spacial score (nSPS) is 12.8. The Morgan fingerprint density at radius 2 is 1.68 bits per heavy atom. The molecule has 1 amide bonds. The summed E-state index contributed by atoms with van der Waals surface area (Å²) in [6, 6.07) is 7.11. The zero-order valence-corrected chi connectivity index (χ0v) is 15.7. The maximum Gasteiger partial charge on any atom is 0.305 e. The molecule has 0 aliphatic carbocycles. The Labute approximate surface area is 161 Å². The lowest BCUT2D eigenvalue weighted by molar-refractivity contribution is -0.137. The average molecular weight is 393 g/mol. The van der Waals surface area contributed by atoms with Crippen molar-refractivity contribution in [3.8, 4) is 11.5 Å². The predicted molar refractivity (Wildman–Crippen MR) is 97.5 cm³/mol. The van der Waals surface area contributed by atoms with Crippen LogP contribution in [-0.4, -0.2) is 31.2 Å². The Kier molecular flexibility index (Phi) is 6.92. The maximum atomic E-state index is 14.0. The van der Waals surface area contributed by atoms with Crippen molar-refractivity contribution in [2.45, 2.75) is 25.3 Å². The van der Waals surface area contributed by atoms with Crippen LogP contribution in [0, 0.1) is 11.6 Å². The summed E-state index contributed by atoms with van der Waals surface area (Å²) in [5, 5.41) is 11.8. The number of amides is 1. The van der Waals surface area contributed by atoms with Gasteiger partial charge in [0.05, 0.1) is 32.6 Å². The lowest BCUT2D eigenvalue weighted by atomic mass is 9.97. The molecule has 0 radical (unpaired) electrons. The molecule has 0 heterocycles. The summed E-state index contributed by atoms with van der Waals surface area (Å²) in [4.78, 5) is 23.9. The SMILES string of the molecule is COc1ccc(C(CC(=O)O)NC(=O)C(C)c2c(F)cccc2F)cc1OC. The molecule has 0 saturated heterocycles. The molecule has 28 heavy (non-hydrogen) atoms. The van der Waals surface area contributed by atoms with E-state index >= 15 is 0 Å². The Bertz CT molecular complexity index is 851. The van der Waals surface area contributed by atoms with Crippen LogP contribution >= 0.6 is 0 Å². The van der Waals surface area contributed by atoms with Crippen molar-refractivity contribution < 1.29 is 33.0 Å².